The maximum absolute atomic E-state index is 6.55. The smallest absolute Gasteiger partial charge is 0.160 e. The number of fused-ring (bicyclic) bond motifs is 3. The second-order valence-electron chi connectivity index (χ2n) is 15.0. The molecule has 0 aliphatic rings. The van der Waals surface area contributed by atoms with Gasteiger partial charge in [-0.15, -0.1) is 0 Å². The standard InChI is InChI=1S/C56H36N4O/c1-5-15-39(16-6-1)48-35-49(40-17-7-2-8-18-40)59-56(58-48)44-31-25-37(26-32-44)45-33-47(54-46-23-13-14-24-52(46)61-53(54)34-45)38-27-29-42(30-28-38)51-36-50(41-19-9-3-10-20-41)57-55(60-51)43-21-11-4-12-22-43/h1-36H. The third kappa shape index (κ3) is 7.04. The van der Waals surface area contributed by atoms with Gasteiger partial charge in [-0.05, 0) is 52.6 Å². The molecule has 61 heavy (non-hydrogen) atoms. The van der Waals surface area contributed by atoms with E-state index in [1.807, 2.05) is 84.9 Å². The third-order valence-corrected chi connectivity index (χ3v) is 11.1. The summed E-state index contributed by atoms with van der Waals surface area (Å²) in [7, 11) is 0. The molecule has 0 aliphatic carbocycles. The van der Waals surface area contributed by atoms with Gasteiger partial charge in [0.15, 0.2) is 11.6 Å². The highest BCUT2D eigenvalue weighted by Gasteiger charge is 2.17. The van der Waals surface area contributed by atoms with Crippen molar-refractivity contribution in [1.29, 1.82) is 0 Å². The summed E-state index contributed by atoms with van der Waals surface area (Å²) in [5.74, 6) is 1.37. The summed E-state index contributed by atoms with van der Waals surface area (Å²) in [5, 5.41) is 2.17. The lowest BCUT2D eigenvalue weighted by Gasteiger charge is -2.12. The van der Waals surface area contributed by atoms with Crippen molar-refractivity contribution >= 4 is 21.9 Å². The topological polar surface area (TPSA) is 64.7 Å². The molecule has 286 valence electrons. The minimum absolute atomic E-state index is 0.677. The number of benzene rings is 8. The summed E-state index contributed by atoms with van der Waals surface area (Å²) >= 11 is 0. The van der Waals surface area contributed by atoms with Crippen LogP contribution in [0.3, 0.4) is 0 Å². The minimum atomic E-state index is 0.677. The van der Waals surface area contributed by atoms with Crippen LogP contribution >= 0.6 is 0 Å². The molecule has 5 nitrogen and oxygen atoms in total. The second kappa shape index (κ2) is 15.5. The zero-order valence-corrected chi connectivity index (χ0v) is 33.0. The first-order valence-corrected chi connectivity index (χ1v) is 20.4. The molecule has 0 amide bonds. The summed E-state index contributed by atoms with van der Waals surface area (Å²) < 4.78 is 6.55. The number of hydrogen-bond acceptors (Lipinski definition) is 5. The van der Waals surface area contributed by atoms with Crippen LogP contribution in [0.1, 0.15) is 0 Å². The number of aromatic nitrogens is 4. The number of hydrogen-bond donors (Lipinski definition) is 0. The Bertz CT molecular complexity index is 3200. The third-order valence-electron chi connectivity index (χ3n) is 11.1. The van der Waals surface area contributed by atoms with Crippen LogP contribution in [-0.2, 0) is 0 Å². The Morgan fingerprint density at radius 1 is 0.262 bits per heavy atom. The van der Waals surface area contributed by atoms with Gasteiger partial charge in [0.2, 0.25) is 0 Å². The van der Waals surface area contributed by atoms with Crippen molar-refractivity contribution in [2.24, 2.45) is 0 Å². The van der Waals surface area contributed by atoms with Crippen molar-refractivity contribution in [2.75, 3.05) is 0 Å². The molecule has 11 rings (SSSR count). The van der Waals surface area contributed by atoms with E-state index >= 15 is 0 Å². The maximum atomic E-state index is 6.55. The monoisotopic (exact) mass is 780 g/mol. The Morgan fingerprint density at radius 2 is 0.639 bits per heavy atom. The van der Waals surface area contributed by atoms with E-state index < -0.39 is 0 Å². The zero-order valence-electron chi connectivity index (χ0n) is 33.0. The zero-order chi connectivity index (χ0) is 40.5. The summed E-state index contributed by atoms with van der Waals surface area (Å²) in [6.07, 6.45) is 0. The molecule has 0 unspecified atom stereocenters. The summed E-state index contributed by atoms with van der Waals surface area (Å²) in [4.78, 5) is 20.2. The fraction of sp³-hybridized carbons (Fsp3) is 0. The van der Waals surface area contributed by atoms with Gasteiger partial charge in [0.05, 0.1) is 22.8 Å². The van der Waals surface area contributed by atoms with Crippen molar-refractivity contribution in [1.82, 2.24) is 19.9 Å². The van der Waals surface area contributed by atoms with Crippen LogP contribution in [0.4, 0.5) is 0 Å². The second-order valence-corrected chi connectivity index (χ2v) is 15.0. The highest BCUT2D eigenvalue weighted by atomic mass is 16.3. The number of para-hydroxylation sites is 1. The molecule has 0 fully saturated rings. The lowest BCUT2D eigenvalue weighted by atomic mass is 9.93. The largest absolute Gasteiger partial charge is 0.456 e. The average Bonchev–Trinajstić information content (AvgIpc) is 3.73. The van der Waals surface area contributed by atoms with E-state index in [0.717, 1.165) is 100 Å². The molecule has 0 N–H and O–H groups in total. The Balaban J connectivity index is 0.989. The molecule has 0 atom stereocenters. The van der Waals surface area contributed by atoms with E-state index in [-0.39, 0.29) is 0 Å². The molecule has 0 aliphatic heterocycles. The number of nitrogens with zero attached hydrogens (tertiary/aromatic N) is 4. The molecule has 3 heterocycles. The molecule has 5 heteroatoms. The van der Waals surface area contributed by atoms with E-state index in [9.17, 15) is 0 Å². The predicted octanol–water partition coefficient (Wildman–Crippen LogP) is 14.5. The lowest BCUT2D eigenvalue weighted by Crippen LogP contribution is -1.96. The molecule has 0 bridgehead atoms. The van der Waals surface area contributed by atoms with E-state index in [2.05, 4.69) is 133 Å². The van der Waals surface area contributed by atoms with Gasteiger partial charge >= 0.3 is 0 Å². The van der Waals surface area contributed by atoms with Gasteiger partial charge in [0.1, 0.15) is 11.2 Å². The van der Waals surface area contributed by atoms with Gasteiger partial charge in [0, 0.05) is 44.2 Å². The van der Waals surface area contributed by atoms with Crippen LogP contribution in [0.5, 0.6) is 0 Å². The van der Waals surface area contributed by atoms with Gasteiger partial charge < -0.3 is 4.42 Å². The van der Waals surface area contributed by atoms with Crippen LogP contribution < -0.4 is 0 Å². The number of furan rings is 1. The fourth-order valence-corrected chi connectivity index (χ4v) is 8.04. The predicted molar refractivity (Wildman–Crippen MR) is 248 cm³/mol. The van der Waals surface area contributed by atoms with Crippen molar-refractivity contribution in [3.63, 3.8) is 0 Å². The summed E-state index contributed by atoms with van der Waals surface area (Å²) in [6.45, 7) is 0. The van der Waals surface area contributed by atoms with Crippen LogP contribution in [0.15, 0.2) is 223 Å². The quantitative estimate of drug-likeness (QED) is 0.154. The number of rotatable bonds is 8. The highest BCUT2D eigenvalue weighted by Crippen LogP contribution is 2.41. The van der Waals surface area contributed by atoms with Crippen molar-refractivity contribution in [2.45, 2.75) is 0 Å². The molecule has 11 aromatic rings. The van der Waals surface area contributed by atoms with Gasteiger partial charge in [-0.25, -0.2) is 19.9 Å². The maximum Gasteiger partial charge on any atom is 0.160 e. The normalized spacial score (nSPS) is 11.3. The van der Waals surface area contributed by atoms with E-state index in [0.29, 0.717) is 11.6 Å². The first kappa shape index (κ1) is 35.8. The summed E-state index contributed by atoms with van der Waals surface area (Å²) in [5.41, 5.74) is 15.6. The fourth-order valence-electron chi connectivity index (χ4n) is 8.04. The minimum Gasteiger partial charge on any atom is -0.456 e. The molecular weight excluding hydrogens is 745 g/mol. The SMILES string of the molecule is c1ccc(-c2cc(-c3ccc(-c4cc(-c5ccc(-c6nc(-c7ccccc7)cc(-c7ccccc7)n6)cc5)cc5oc6ccccc6c45)cc3)nc(-c3ccccc3)n2)cc1. The van der Waals surface area contributed by atoms with Crippen LogP contribution in [-0.4, -0.2) is 19.9 Å². The van der Waals surface area contributed by atoms with Gasteiger partial charge in [-0.1, -0.05) is 188 Å². The van der Waals surface area contributed by atoms with Crippen molar-refractivity contribution in [3.05, 3.63) is 218 Å². The van der Waals surface area contributed by atoms with Crippen LogP contribution in [0.25, 0.3) is 112 Å². The first-order chi connectivity index (χ1) is 30.2. The molecule has 8 aromatic carbocycles. The Morgan fingerprint density at radius 3 is 1.15 bits per heavy atom. The molecule has 0 saturated carbocycles. The lowest BCUT2D eigenvalue weighted by molar-refractivity contribution is 0.669. The van der Waals surface area contributed by atoms with E-state index in [1.165, 1.54) is 0 Å². The average molecular weight is 781 g/mol. The molecule has 3 aromatic heterocycles. The van der Waals surface area contributed by atoms with Crippen LogP contribution in [0.2, 0.25) is 0 Å². The molecule has 0 saturated heterocycles. The Hall–Kier alpha value is -8.28. The van der Waals surface area contributed by atoms with Crippen molar-refractivity contribution < 1.29 is 4.42 Å². The van der Waals surface area contributed by atoms with E-state index in [1.54, 1.807) is 0 Å². The van der Waals surface area contributed by atoms with Crippen molar-refractivity contribution in [3.8, 4) is 90.1 Å². The molecular formula is C56H36N4O. The summed E-state index contributed by atoms with van der Waals surface area (Å²) in [6, 6.07) is 75.0. The highest BCUT2D eigenvalue weighted by molar-refractivity contribution is 6.13. The van der Waals surface area contributed by atoms with E-state index in [4.69, 9.17) is 24.4 Å². The van der Waals surface area contributed by atoms with Gasteiger partial charge in [-0.2, -0.15) is 0 Å². The Kier molecular flexibility index (Phi) is 9.10. The van der Waals surface area contributed by atoms with Gasteiger partial charge in [-0.3, -0.25) is 0 Å². The first-order valence-electron chi connectivity index (χ1n) is 20.4. The van der Waals surface area contributed by atoms with Gasteiger partial charge in [0.25, 0.3) is 0 Å². The molecule has 0 radical (unpaired) electrons. The Labute approximate surface area is 353 Å². The van der Waals surface area contributed by atoms with Crippen LogP contribution in [0, 0.1) is 0 Å². The molecule has 0 spiro atoms.